The van der Waals surface area contributed by atoms with E-state index in [1.165, 1.54) is 13.2 Å². The molecule has 8 heteroatoms. The van der Waals surface area contributed by atoms with Gasteiger partial charge in [-0.2, -0.15) is 0 Å². The molecule has 0 saturated carbocycles. The van der Waals surface area contributed by atoms with Crippen LogP contribution in [0, 0.1) is 0 Å². The van der Waals surface area contributed by atoms with Crippen molar-refractivity contribution in [2.24, 2.45) is 0 Å². The zero-order valence-electron chi connectivity index (χ0n) is 11.2. The number of ketones is 1. The van der Waals surface area contributed by atoms with Gasteiger partial charge in [0.1, 0.15) is 0 Å². The number of anilines is 1. The summed E-state index contributed by atoms with van der Waals surface area (Å²) in [5.41, 5.74) is 0.448. The first-order valence-corrected chi connectivity index (χ1v) is 6.76. The van der Waals surface area contributed by atoms with Crippen LogP contribution in [0.2, 0.25) is 10.0 Å². The molecule has 0 aromatic heterocycles. The SMILES string of the molecule is COC(=O)CCC(=O)CNC(=O)Nc1ccc(Cl)c(Cl)c1. The van der Waals surface area contributed by atoms with E-state index < -0.39 is 12.0 Å². The summed E-state index contributed by atoms with van der Waals surface area (Å²) < 4.78 is 4.41. The highest BCUT2D eigenvalue weighted by molar-refractivity contribution is 6.42. The summed E-state index contributed by atoms with van der Waals surface area (Å²) in [4.78, 5) is 33.9. The number of hydrogen-bond acceptors (Lipinski definition) is 4. The first-order chi connectivity index (χ1) is 9.92. The number of esters is 1. The number of Topliss-reactive ketones (excluding diaryl/α,β-unsaturated/α-hetero) is 1. The largest absolute Gasteiger partial charge is 0.469 e. The van der Waals surface area contributed by atoms with Crippen LogP contribution in [0.15, 0.2) is 18.2 Å². The number of benzene rings is 1. The first-order valence-electron chi connectivity index (χ1n) is 6.00. The van der Waals surface area contributed by atoms with Crippen molar-refractivity contribution in [1.29, 1.82) is 0 Å². The van der Waals surface area contributed by atoms with Crippen LogP contribution in [0.4, 0.5) is 10.5 Å². The summed E-state index contributed by atoms with van der Waals surface area (Å²) in [5, 5.41) is 5.57. The van der Waals surface area contributed by atoms with Gasteiger partial charge in [-0.15, -0.1) is 0 Å². The Morgan fingerprint density at radius 3 is 2.48 bits per heavy atom. The Labute approximate surface area is 131 Å². The monoisotopic (exact) mass is 332 g/mol. The predicted octanol–water partition coefficient (Wildman–Crippen LogP) is 2.64. The summed E-state index contributed by atoms with van der Waals surface area (Å²) in [6.07, 6.45) is 0.00511. The van der Waals surface area contributed by atoms with Gasteiger partial charge in [-0.25, -0.2) is 4.79 Å². The number of ether oxygens (including phenoxy) is 1. The number of carbonyl (C=O) groups excluding carboxylic acids is 3. The molecule has 114 valence electrons. The summed E-state index contributed by atoms with van der Waals surface area (Å²) in [6, 6.07) is 4.05. The Morgan fingerprint density at radius 2 is 1.86 bits per heavy atom. The maximum atomic E-state index is 11.6. The lowest BCUT2D eigenvalue weighted by molar-refractivity contribution is -0.141. The Kier molecular flexibility index (Phi) is 6.98. The maximum Gasteiger partial charge on any atom is 0.319 e. The van der Waals surface area contributed by atoms with Crippen LogP contribution >= 0.6 is 23.2 Å². The quantitative estimate of drug-likeness (QED) is 0.784. The number of halogens is 2. The first kappa shape index (κ1) is 17.3. The molecule has 0 unspecified atom stereocenters. The molecule has 1 aromatic carbocycles. The average molecular weight is 333 g/mol. The standard InChI is InChI=1S/C13H14Cl2N2O4/c1-21-12(19)5-3-9(18)7-16-13(20)17-8-2-4-10(14)11(15)6-8/h2,4,6H,3,5,7H2,1H3,(H2,16,17,20). The molecule has 1 aromatic rings. The van der Waals surface area contributed by atoms with Crippen LogP contribution in [0.25, 0.3) is 0 Å². The van der Waals surface area contributed by atoms with Crippen molar-refractivity contribution in [2.45, 2.75) is 12.8 Å². The molecule has 0 aliphatic rings. The van der Waals surface area contributed by atoms with E-state index in [1.54, 1.807) is 12.1 Å². The molecule has 0 saturated heterocycles. The minimum atomic E-state index is -0.556. The number of methoxy groups -OCH3 is 1. The second-order valence-corrected chi connectivity index (χ2v) is 4.87. The summed E-state index contributed by atoms with van der Waals surface area (Å²) >= 11 is 11.6. The molecule has 0 bridgehead atoms. The zero-order valence-corrected chi connectivity index (χ0v) is 12.8. The molecule has 0 spiro atoms. The van der Waals surface area contributed by atoms with Gasteiger partial charge in [0.15, 0.2) is 5.78 Å². The van der Waals surface area contributed by atoms with Crippen molar-refractivity contribution < 1.29 is 19.1 Å². The molecule has 0 heterocycles. The Bertz CT molecular complexity index is 549. The fraction of sp³-hybridized carbons (Fsp3) is 0.308. The van der Waals surface area contributed by atoms with Gasteiger partial charge in [0.05, 0.1) is 30.1 Å². The Balaban J connectivity index is 2.35. The second-order valence-electron chi connectivity index (χ2n) is 4.05. The van der Waals surface area contributed by atoms with E-state index in [-0.39, 0.29) is 25.2 Å². The third kappa shape index (κ3) is 6.46. The van der Waals surface area contributed by atoms with Crippen molar-refractivity contribution >= 4 is 46.7 Å². The summed E-state index contributed by atoms with van der Waals surface area (Å²) in [6.45, 7) is -0.176. The lowest BCUT2D eigenvalue weighted by atomic mass is 10.2. The molecule has 0 aliphatic carbocycles. The fourth-order valence-electron chi connectivity index (χ4n) is 1.36. The molecule has 6 nitrogen and oxygen atoms in total. The maximum absolute atomic E-state index is 11.6. The van der Waals surface area contributed by atoms with Gasteiger partial charge in [0.2, 0.25) is 0 Å². The molecule has 0 radical (unpaired) electrons. The van der Waals surface area contributed by atoms with E-state index in [0.717, 1.165) is 0 Å². The third-order valence-corrected chi connectivity index (χ3v) is 3.20. The number of urea groups is 1. The average Bonchev–Trinajstić information content (AvgIpc) is 2.46. The fourth-order valence-corrected chi connectivity index (χ4v) is 1.66. The van der Waals surface area contributed by atoms with Crippen molar-refractivity contribution in [3.63, 3.8) is 0 Å². The number of rotatable bonds is 6. The van der Waals surface area contributed by atoms with Crippen LogP contribution in [0.3, 0.4) is 0 Å². The van der Waals surface area contributed by atoms with E-state index in [1.807, 2.05) is 0 Å². The molecule has 0 fully saturated rings. The van der Waals surface area contributed by atoms with Crippen molar-refractivity contribution in [1.82, 2.24) is 5.32 Å². The van der Waals surface area contributed by atoms with Crippen molar-refractivity contribution in [3.8, 4) is 0 Å². The van der Waals surface area contributed by atoms with E-state index in [0.29, 0.717) is 15.7 Å². The Morgan fingerprint density at radius 1 is 1.14 bits per heavy atom. The van der Waals surface area contributed by atoms with Crippen molar-refractivity contribution in [2.75, 3.05) is 19.0 Å². The molecule has 0 atom stereocenters. The topological polar surface area (TPSA) is 84.5 Å². The van der Waals surface area contributed by atoms with Gasteiger partial charge in [-0.05, 0) is 18.2 Å². The van der Waals surface area contributed by atoms with Crippen LogP contribution in [0.1, 0.15) is 12.8 Å². The van der Waals surface area contributed by atoms with Crippen LogP contribution < -0.4 is 10.6 Å². The third-order valence-electron chi connectivity index (χ3n) is 2.46. The van der Waals surface area contributed by atoms with E-state index in [4.69, 9.17) is 23.2 Å². The number of carbonyl (C=O) groups is 3. The lowest BCUT2D eigenvalue weighted by Gasteiger charge is -2.08. The summed E-state index contributed by atoms with van der Waals surface area (Å²) in [5.74, 6) is -0.742. The number of amides is 2. The predicted molar refractivity (Wildman–Crippen MR) is 79.7 cm³/mol. The molecule has 2 N–H and O–H groups in total. The summed E-state index contributed by atoms with van der Waals surface area (Å²) in [7, 11) is 1.25. The highest BCUT2D eigenvalue weighted by atomic mass is 35.5. The molecule has 2 amide bonds. The molecule has 0 aliphatic heterocycles. The van der Waals surface area contributed by atoms with Gasteiger partial charge >= 0.3 is 12.0 Å². The van der Waals surface area contributed by atoms with Crippen LogP contribution in [-0.4, -0.2) is 31.4 Å². The van der Waals surface area contributed by atoms with E-state index in [9.17, 15) is 14.4 Å². The molecular weight excluding hydrogens is 319 g/mol. The van der Waals surface area contributed by atoms with Gasteiger partial charge in [0, 0.05) is 12.1 Å². The van der Waals surface area contributed by atoms with Gasteiger partial charge < -0.3 is 15.4 Å². The lowest BCUT2D eigenvalue weighted by Crippen LogP contribution is -2.33. The van der Waals surface area contributed by atoms with E-state index in [2.05, 4.69) is 15.4 Å². The molecule has 21 heavy (non-hydrogen) atoms. The zero-order chi connectivity index (χ0) is 15.8. The highest BCUT2D eigenvalue weighted by Crippen LogP contribution is 2.24. The van der Waals surface area contributed by atoms with Gasteiger partial charge in [-0.3, -0.25) is 9.59 Å². The minimum Gasteiger partial charge on any atom is -0.469 e. The van der Waals surface area contributed by atoms with Crippen LogP contribution in [-0.2, 0) is 14.3 Å². The number of nitrogens with one attached hydrogen (secondary N) is 2. The van der Waals surface area contributed by atoms with Crippen LogP contribution in [0.5, 0.6) is 0 Å². The van der Waals surface area contributed by atoms with Gasteiger partial charge in [0.25, 0.3) is 0 Å². The second kappa shape index (κ2) is 8.49. The molecule has 1 rings (SSSR count). The smallest absolute Gasteiger partial charge is 0.319 e. The highest BCUT2D eigenvalue weighted by Gasteiger charge is 2.09. The number of hydrogen-bond donors (Lipinski definition) is 2. The van der Waals surface area contributed by atoms with Gasteiger partial charge in [-0.1, -0.05) is 23.2 Å². The normalized spacial score (nSPS) is 9.86. The van der Waals surface area contributed by atoms with E-state index >= 15 is 0 Å². The van der Waals surface area contributed by atoms with Crippen molar-refractivity contribution in [3.05, 3.63) is 28.2 Å². The minimum absolute atomic E-state index is 0.00851. The Hall–Kier alpha value is -1.79. The molecular formula is C13H14Cl2N2O4.